The number of anilines is 1. The number of piperidine rings is 1. The molecular weight excluding hydrogens is 428 g/mol. The van der Waals surface area contributed by atoms with Gasteiger partial charge in [-0.05, 0) is 42.8 Å². The molecule has 3 heterocycles. The third kappa shape index (κ3) is 4.25. The number of aryl methyl sites for hydroxylation is 1. The molecule has 1 aliphatic heterocycles. The summed E-state index contributed by atoms with van der Waals surface area (Å²) in [4.78, 5) is 12.5. The number of rotatable bonds is 5. The molecule has 2 aromatic heterocycles. The van der Waals surface area contributed by atoms with Crippen molar-refractivity contribution in [2.75, 3.05) is 18.4 Å². The number of para-hydroxylation sites is 1. The molecule has 0 spiro atoms. The fraction of sp³-hybridized carbons (Fsp3) is 0.316. The summed E-state index contributed by atoms with van der Waals surface area (Å²) in [5, 5.41) is 13.8. The van der Waals surface area contributed by atoms with Crippen LogP contribution in [0.15, 0.2) is 46.0 Å². The first-order chi connectivity index (χ1) is 13.9. The van der Waals surface area contributed by atoms with Gasteiger partial charge in [0.25, 0.3) is 15.9 Å². The first kappa shape index (κ1) is 20.1. The number of aromatic nitrogens is 2. The molecule has 1 N–H and O–H groups in total. The third-order valence-electron chi connectivity index (χ3n) is 4.85. The van der Waals surface area contributed by atoms with Crippen molar-refractivity contribution in [1.29, 1.82) is 0 Å². The lowest BCUT2D eigenvalue weighted by Crippen LogP contribution is -2.38. The quantitative estimate of drug-likeness (QED) is 0.642. The molecule has 1 saturated heterocycles. The van der Waals surface area contributed by atoms with Crippen molar-refractivity contribution >= 4 is 44.3 Å². The summed E-state index contributed by atoms with van der Waals surface area (Å²) in [6.07, 6.45) is 1.57. The number of thiophene rings is 1. The highest BCUT2D eigenvalue weighted by molar-refractivity contribution is 7.91. The summed E-state index contributed by atoms with van der Waals surface area (Å²) in [6.45, 7) is 2.77. The summed E-state index contributed by atoms with van der Waals surface area (Å²) < 4.78 is 27.5. The molecule has 1 atom stereocenters. The Bertz CT molecular complexity index is 1110. The molecule has 0 bridgehead atoms. The minimum Gasteiger partial charge on any atom is -0.320 e. The van der Waals surface area contributed by atoms with Crippen LogP contribution in [0.1, 0.15) is 39.1 Å². The third-order valence-corrected chi connectivity index (χ3v) is 9.17. The van der Waals surface area contributed by atoms with E-state index in [1.807, 2.05) is 31.2 Å². The van der Waals surface area contributed by atoms with E-state index in [4.69, 9.17) is 0 Å². The minimum absolute atomic E-state index is 0.0593. The van der Waals surface area contributed by atoms with Gasteiger partial charge in [-0.25, -0.2) is 8.42 Å². The van der Waals surface area contributed by atoms with Crippen LogP contribution in [0.25, 0.3) is 0 Å². The molecular formula is C19H20N4O3S3. The van der Waals surface area contributed by atoms with Crippen molar-refractivity contribution in [3.05, 3.63) is 57.4 Å². The number of hydrogen-bond donors (Lipinski definition) is 1. The number of sulfonamides is 1. The van der Waals surface area contributed by atoms with Crippen molar-refractivity contribution < 1.29 is 13.2 Å². The summed E-state index contributed by atoms with van der Waals surface area (Å²) in [5.74, 6) is -0.363. The standard InChI is InChI=1S/C19H20N4O3S3/c1-13-6-2-3-8-15(13)20-17(24)19-22-21-18(28-19)14-7-4-10-23(12-14)29(25,26)16-9-5-11-27-16/h2-3,5-6,8-9,11,14H,4,7,10,12H2,1H3,(H,20,24)/t14-/m1/s1. The highest BCUT2D eigenvalue weighted by Gasteiger charge is 2.33. The molecule has 0 unspecified atom stereocenters. The zero-order chi connectivity index (χ0) is 20.4. The molecule has 1 amide bonds. The molecule has 152 valence electrons. The van der Waals surface area contributed by atoms with Gasteiger partial charge in [0.15, 0.2) is 0 Å². The Hall–Kier alpha value is -2.14. The van der Waals surface area contributed by atoms with Gasteiger partial charge in [-0.1, -0.05) is 35.6 Å². The number of hydrogen-bond acceptors (Lipinski definition) is 7. The summed E-state index contributed by atoms with van der Waals surface area (Å²) >= 11 is 2.45. The van der Waals surface area contributed by atoms with Gasteiger partial charge in [0.2, 0.25) is 5.01 Å². The molecule has 3 aromatic rings. The molecule has 0 saturated carbocycles. The van der Waals surface area contributed by atoms with E-state index in [0.717, 1.165) is 24.1 Å². The van der Waals surface area contributed by atoms with Crippen LogP contribution in [0.2, 0.25) is 0 Å². The first-order valence-electron chi connectivity index (χ1n) is 9.19. The van der Waals surface area contributed by atoms with Crippen molar-refractivity contribution in [1.82, 2.24) is 14.5 Å². The van der Waals surface area contributed by atoms with Gasteiger partial charge in [-0.2, -0.15) is 4.31 Å². The van der Waals surface area contributed by atoms with Crippen molar-refractivity contribution in [2.24, 2.45) is 0 Å². The number of amides is 1. The van der Waals surface area contributed by atoms with Crippen LogP contribution in [-0.2, 0) is 10.0 Å². The van der Waals surface area contributed by atoms with Crippen LogP contribution < -0.4 is 5.32 Å². The van der Waals surface area contributed by atoms with Crippen molar-refractivity contribution in [3.63, 3.8) is 0 Å². The number of nitrogens with zero attached hydrogens (tertiary/aromatic N) is 3. The Morgan fingerprint density at radius 2 is 2.03 bits per heavy atom. The van der Waals surface area contributed by atoms with Crippen LogP contribution in [0.5, 0.6) is 0 Å². The van der Waals surface area contributed by atoms with E-state index < -0.39 is 10.0 Å². The second-order valence-electron chi connectivity index (χ2n) is 6.85. The van der Waals surface area contributed by atoms with Crippen LogP contribution >= 0.6 is 22.7 Å². The van der Waals surface area contributed by atoms with Crippen LogP contribution in [0, 0.1) is 6.92 Å². The maximum atomic E-state index is 12.8. The largest absolute Gasteiger partial charge is 0.320 e. The van der Waals surface area contributed by atoms with Gasteiger partial charge in [0.1, 0.15) is 9.22 Å². The fourth-order valence-corrected chi connectivity index (χ4v) is 6.81. The van der Waals surface area contributed by atoms with E-state index in [9.17, 15) is 13.2 Å². The first-order valence-corrected chi connectivity index (χ1v) is 12.3. The Morgan fingerprint density at radius 3 is 2.79 bits per heavy atom. The fourth-order valence-electron chi connectivity index (χ4n) is 3.28. The van der Waals surface area contributed by atoms with Gasteiger partial charge in [-0.3, -0.25) is 4.79 Å². The maximum Gasteiger partial charge on any atom is 0.286 e. The second kappa shape index (κ2) is 8.31. The smallest absolute Gasteiger partial charge is 0.286 e. The average molecular weight is 449 g/mol. The van der Waals surface area contributed by atoms with Gasteiger partial charge in [0, 0.05) is 24.7 Å². The lowest BCUT2D eigenvalue weighted by molar-refractivity contribution is 0.102. The van der Waals surface area contributed by atoms with Gasteiger partial charge in [-0.15, -0.1) is 21.5 Å². The van der Waals surface area contributed by atoms with Crippen molar-refractivity contribution in [2.45, 2.75) is 29.9 Å². The van der Waals surface area contributed by atoms with E-state index >= 15 is 0 Å². The lowest BCUT2D eigenvalue weighted by atomic mass is 10.0. The molecule has 1 aromatic carbocycles. The van der Waals surface area contributed by atoms with E-state index in [1.54, 1.807) is 17.5 Å². The second-order valence-corrected chi connectivity index (χ2v) is 11.0. The van der Waals surface area contributed by atoms with Gasteiger partial charge < -0.3 is 5.32 Å². The number of carbonyl (C=O) groups is 1. The number of benzene rings is 1. The van der Waals surface area contributed by atoms with E-state index in [1.165, 1.54) is 27.0 Å². The zero-order valence-corrected chi connectivity index (χ0v) is 18.2. The van der Waals surface area contributed by atoms with E-state index in [-0.39, 0.29) is 16.8 Å². The number of nitrogens with one attached hydrogen (secondary N) is 1. The Kier molecular flexibility index (Phi) is 5.77. The molecule has 10 heteroatoms. The molecule has 0 radical (unpaired) electrons. The Balaban J connectivity index is 1.48. The lowest BCUT2D eigenvalue weighted by Gasteiger charge is -2.30. The monoisotopic (exact) mass is 448 g/mol. The highest BCUT2D eigenvalue weighted by Crippen LogP contribution is 2.33. The average Bonchev–Trinajstić information content (AvgIpc) is 3.42. The molecule has 4 rings (SSSR count). The van der Waals surface area contributed by atoms with Gasteiger partial charge in [0.05, 0.1) is 0 Å². The summed E-state index contributed by atoms with van der Waals surface area (Å²) in [5.41, 5.74) is 1.70. The number of carbonyl (C=O) groups excluding carboxylic acids is 1. The van der Waals surface area contributed by atoms with Crippen LogP contribution in [0.3, 0.4) is 0 Å². The minimum atomic E-state index is -3.49. The molecule has 1 aliphatic rings. The SMILES string of the molecule is Cc1ccccc1NC(=O)c1nnc([C@@H]2CCCN(S(=O)(=O)c3cccs3)C2)s1. The van der Waals surface area contributed by atoms with Gasteiger partial charge >= 0.3 is 0 Å². The summed E-state index contributed by atoms with van der Waals surface area (Å²) in [7, 11) is -3.49. The predicted octanol–water partition coefficient (Wildman–Crippen LogP) is 3.73. The highest BCUT2D eigenvalue weighted by atomic mass is 32.2. The Morgan fingerprint density at radius 1 is 1.21 bits per heavy atom. The summed E-state index contributed by atoms with van der Waals surface area (Å²) in [6, 6.07) is 10.9. The molecule has 29 heavy (non-hydrogen) atoms. The molecule has 7 nitrogen and oxygen atoms in total. The topological polar surface area (TPSA) is 92.3 Å². The Labute approximate surface area is 177 Å². The van der Waals surface area contributed by atoms with E-state index in [2.05, 4.69) is 15.5 Å². The maximum absolute atomic E-state index is 12.8. The molecule has 0 aliphatic carbocycles. The predicted molar refractivity (Wildman–Crippen MR) is 114 cm³/mol. The van der Waals surface area contributed by atoms with Crippen LogP contribution in [-0.4, -0.2) is 41.9 Å². The van der Waals surface area contributed by atoms with Crippen molar-refractivity contribution in [3.8, 4) is 0 Å². The van der Waals surface area contributed by atoms with Crippen LogP contribution in [0.4, 0.5) is 5.69 Å². The molecule has 1 fully saturated rings. The van der Waals surface area contributed by atoms with E-state index in [0.29, 0.717) is 22.3 Å². The normalized spacial score (nSPS) is 17.9. The zero-order valence-electron chi connectivity index (χ0n) is 15.7.